The summed E-state index contributed by atoms with van der Waals surface area (Å²) in [5.74, 6) is -0.845. The number of aliphatic carboxylic acids is 1. The summed E-state index contributed by atoms with van der Waals surface area (Å²) in [4.78, 5) is 25.9. The molecule has 15 heavy (non-hydrogen) atoms. The normalized spacial score (nSPS) is 25.4. The molecule has 5 nitrogen and oxygen atoms in total. The third-order valence-corrected chi connectivity index (χ3v) is 3.01. The third kappa shape index (κ3) is 2.47. The number of carbonyl (C=O) groups is 2. The molecule has 2 atom stereocenters. The highest BCUT2D eigenvalue weighted by Gasteiger charge is 2.35. The highest BCUT2D eigenvalue weighted by Crippen LogP contribution is 2.13. The second-order valence-corrected chi connectivity index (χ2v) is 4.07. The summed E-state index contributed by atoms with van der Waals surface area (Å²) in [6, 6.07) is -0.454. The van der Waals surface area contributed by atoms with Crippen molar-refractivity contribution in [3.8, 4) is 0 Å². The number of carboxylic acid groups (broad SMARTS) is 1. The standard InChI is InChI=1S/C10H18N2O3/c1-4-7(2)12-5-8(10(14)15)11(3)6-9(12)13/h7-8H,4-6H2,1-3H3,(H,14,15). The van der Waals surface area contributed by atoms with Gasteiger partial charge in [0, 0.05) is 12.6 Å². The molecule has 0 saturated carbocycles. The van der Waals surface area contributed by atoms with Crippen LogP contribution in [0.1, 0.15) is 20.3 Å². The van der Waals surface area contributed by atoms with Gasteiger partial charge in [0.25, 0.3) is 0 Å². The molecule has 0 spiro atoms. The van der Waals surface area contributed by atoms with Crippen molar-refractivity contribution in [2.45, 2.75) is 32.4 Å². The van der Waals surface area contributed by atoms with Crippen LogP contribution in [0.2, 0.25) is 0 Å². The maximum Gasteiger partial charge on any atom is 0.322 e. The van der Waals surface area contributed by atoms with Crippen molar-refractivity contribution in [3.63, 3.8) is 0 Å². The molecule has 1 amide bonds. The van der Waals surface area contributed by atoms with E-state index in [1.165, 1.54) is 0 Å². The minimum atomic E-state index is -0.863. The van der Waals surface area contributed by atoms with Crippen molar-refractivity contribution in [1.82, 2.24) is 9.80 Å². The van der Waals surface area contributed by atoms with Crippen LogP contribution < -0.4 is 0 Å². The number of piperazine rings is 1. The molecule has 0 bridgehead atoms. The Hall–Kier alpha value is -1.10. The Labute approximate surface area is 89.7 Å². The van der Waals surface area contributed by atoms with Gasteiger partial charge >= 0.3 is 5.97 Å². The summed E-state index contributed by atoms with van der Waals surface area (Å²) in [7, 11) is 1.67. The quantitative estimate of drug-likeness (QED) is 0.719. The Kier molecular flexibility index (Phi) is 3.68. The monoisotopic (exact) mass is 214 g/mol. The molecular formula is C10H18N2O3. The molecule has 86 valence electrons. The second-order valence-electron chi connectivity index (χ2n) is 4.07. The third-order valence-electron chi connectivity index (χ3n) is 3.01. The number of hydrogen-bond donors (Lipinski definition) is 1. The van der Waals surface area contributed by atoms with E-state index < -0.39 is 12.0 Å². The molecule has 1 aliphatic heterocycles. The maximum absolute atomic E-state index is 11.7. The molecule has 0 aromatic carbocycles. The van der Waals surface area contributed by atoms with E-state index in [0.29, 0.717) is 6.54 Å². The number of likely N-dealkylation sites (N-methyl/N-ethyl adjacent to an activating group) is 1. The molecule has 0 aromatic rings. The second kappa shape index (κ2) is 4.61. The van der Waals surface area contributed by atoms with E-state index in [1.807, 2.05) is 13.8 Å². The Morgan fingerprint density at radius 1 is 1.67 bits per heavy atom. The zero-order valence-electron chi connectivity index (χ0n) is 9.43. The average Bonchev–Trinajstić information content (AvgIpc) is 2.16. The number of nitrogens with zero attached hydrogens (tertiary/aromatic N) is 2. The van der Waals surface area contributed by atoms with Gasteiger partial charge in [-0.15, -0.1) is 0 Å². The van der Waals surface area contributed by atoms with Crippen molar-refractivity contribution in [2.24, 2.45) is 0 Å². The van der Waals surface area contributed by atoms with Gasteiger partial charge < -0.3 is 10.0 Å². The number of amides is 1. The molecule has 1 aliphatic rings. The van der Waals surface area contributed by atoms with Gasteiger partial charge in [0.15, 0.2) is 0 Å². The molecule has 1 saturated heterocycles. The van der Waals surface area contributed by atoms with Gasteiger partial charge in [-0.1, -0.05) is 6.92 Å². The van der Waals surface area contributed by atoms with Crippen LogP contribution in [-0.2, 0) is 9.59 Å². The molecule has 1 rings (SSSR count). The molecular weight excluding hydrogens is 196 g/mol. The molecule has 1 heterocycles. The molecule has 1 fully saturated rings. The predicted molar refractivity (Wildman–Crippen MR) is 55.5 cm³/mol. The Morgan fingerprint density at radius 3 is 2.73 bits per heavy atom. The van der Waals surface area contributed by atoms with E-state index in [2.05, 4.69) is 0 Å². The highest BCUT2D eigenvalue weighted by atomic mass is 16.4. The van der Waals surface area contributed by atoms with Crippen molar-refractivity contribution >= 4 is 11.9 Å². The molecule has 0 radical (unpaired) electrons. The Morgan fingerprint density at radius 2 is 2.27 bits per heavy atom. The summed E-state index contributed by atoms with van der Waals surface area (Å²) in [6.45, 7) is 4.43. The highest BCUT2D eigenvalue weighted by molar-refractivity contribution is 5.83. The van der Waals surface area contributed by atoms with E-state index in [4.69, 9.17) is 5.11 Å². The van der Waals surface area contributed by atoms with Crippen molar-refractivity contribution < 1.29 is 14.7 Å². The average molecular weight is 214 g/mol. The lowest BCUT2D eigenvalue weighted by Crippen LogP contribution is -2.59. The van der Waals surface area contributed by atoms with E-state index in [1.54, 1.807) is 16.8 Å². The molecule has 0 aromatic heterocycles. The smallest absolute Gasteiger partial charge is 0.322 e. The minimum absolute atomic E-state index is 0.0179. The van der Waals surface area contributed by atoms with Gasteiger partial charge in [-0.3, -0.25) is 14.5 Å². The van der Waals surface area contributed by atoms with Crippen molar-refractivity contribution in [1.29, 1.82) is 0 Å². The van der Waals surface area contributed by atoms with E-state index in [9.17, 15) is 9.59 Å². The summed E-state index contributed by atoms with van der Waals surface area (Å²) in [5, 5.41) is 8.99. The van der Waals surface area contributed by atoms with Gasteiger partial charge in [-0.05, 0) is 20.4 Å². The van der Waals surface area contributed by atoms with Crippen LogP contribution in [0, 0.1) is 0 Å². The summed E-state index contributed by atoms with van der Waals surface area (Å²) < 4.78 is 0. The fourth-order valence-electron chi connectivity index (χ4n) is 1.75. The van der Waals surface area contributed by atoms with Gasteiger partial charge in [-0.2, -0.15) is 0 Å². The first kappa shape index (κ1) is 12.0. The fraction of sp³-hybridized carbons (Fsp3) is 0.800. The van der Waals surface area contributed by atoms with Crippen LogP contribution in [0.3, 0.4) is 0 Å². The lowest BCUT2D eigenvalue weighted by molar-refractivity contribution is -0.152. The number of carboxylic acids is 1. The summed E-state index contributed by atoms with van der Waals surface area (Å²) >= 11 is 0. The van der Waals surface area contributed by atoms with Crippen LogP contribution in [0.4, 0.5) is 0 Å². The van der Waals surface area contributed by atoms with Crippen LogP contribution >= 0.6 is 0 Å². The first-order valence-electron chi connectivity index (χ1n) is 5.19. The summed E-state index contributed by atoms with van der Waals surface area (Å²) in [5.41, 5.74) is 0. The lowest BCUT2D eigenvalue weighted by Gasteiger charge is -2.39. The number of hydrogen-bond acceptors (Lipinski definition) is 3. The van der Waals surface area contributed by atoms with Crippen LogP contribution in [0.25, 0.3) is 0 Å². The largest absolute Gasteiger partial charge is 0.480 e. The van der Waals surface area contributed by atoms with Gasteiger partial charge in [0.05, 0.1) is 6.54 Å². The SMILES string of the molecule is CCC(C)N1CC(C(=O)O)N(C)CC1=O. The van der Waals surface area contributed by atoms with Gasteiger partial charge in [0.2, 0.25) is 5.91 Å². The minimum Gasteiger partial charge on any atom is -0.480 e. The first-order chi connectivity index (χ1) is 6.97. The van der Waals surface area contributed by atoms with Crippen LogP contribution in [0.15, 0.2) is 0 Å². The van der Waals surface area contributed by atoms with Gasteiger partial charge in [-0.25, -0.2) is 0 Å². The molecule has 5 heteroatoms. The van der Waals surface area contributed by atoms with Crippen molar-refractivity contribution in [2.75, 3.05) is 20.1 Å². The lowest BCUT2D eigenvalue weighted by atomic mass is 10.1. The van der Waals surface area contributed by atoms with Crippen molar-refractivity contribution in [3.05, 3.63) is 0 Å². The molecule has 1 N–H and O–H groups in total. The number of rotatable bonds is 3. The van der Waals surface area contributed by atoms with Crippen LogP contribution in [0.5, 0.6) is 0 Å². The summed E-state index contributed by atoms with van der Waals surface area (Å²) in [6.07, 6.45) is 0.849. The van der Waals surface area contributed by atoms with E-state index in [-0.39, 0.29) is 18.5 Å². The first-order valence-corrected chi connectivity index (χ1v) is 5.19. The van der Waals surface area contributed by atoms with E-state index >= 15 is 0 Å². The topological polar surface area (TPSA) is 60.9 Å². The number of carbonyl (C=O) groups excluding carboxylic acids is 1. The van der Waals surface area contributed by atoms with E-state index in [0.717, 1.165) is 6.42 Å². The van der Waals surface area contributed by atoms with Gasteiger partial charge in [0.1, 0.15) is 6.04 Å². The zero-order chi connectivity index (χ0) is 11.6. The Bertz CT molecular complexity index is 267. The zero-order valence-corrected chi connectivity index (χ0v) is 9.43. The molecule has 0 aliphatic carbocycles. The maximum atomic E-state index is 11.7. The predicted octanol–water partition coefficient (Wildman–Crippen LogP) is 0.0121. The van der Waals surface area contributed by atoms with Crippen LogP contribution in [-0.4, -0.2) is 59.0 Å². The fourth-order valence-corrected chi connectivity index (χ4v) is 1.75. The molecule has 2 unspecified atom stereocenters. The Balaban J connectivity index is 2.75.